The van der Waals surface area contributed by atoms with Crippen molar-refractivity contribution >= 4 is 11.7 Å². The highest BCUT2D eigenvalue weighted by Crippen LogP contribution is 2.44. The predicted molar refractivity (Wildman–Crippen MR) is 436 cm³/mol. The number of carbonyl (C=O) groups excluding carboxylic acids is 1. The molecule has 1 saturated heterocycles. The molecule has 3 atom stereocenters. The maximum atomic E-state index is 14.7. The van der Waals surface area contributed by atoms with E-state index in [2.05, 4.69) is 31.1 Å². The van der Waals surface area contributed by atoms with Crippen LogP contribution in [-0.2, 0) is 15.1 Å². The number of anilines is 1. The van der Waals surface area contributed by atoms with Crippen LogP contribution >= 0.6 is 0 Å². The van der Waals surface area contributed by atoms with Crippen LogP contribution in [0.25, 0.3) is 0 Å². The van der Waals surface area contributed by atoms with Crippen molar-refractivity contribution in [3.8, 4) is 28.7 Å². The van der Waals surface area contributed by atoms with E-state index >= 15 is 0 Å². The van der Waals surface area contributed by atoms with Crippen LogP contribution in [0, 0.1) is 6.92 Å². The summed E-state index contributed by atoms with van der Waals surface area (Å²) < 4.78 is 46.3. The third-order valence-corrected chi connectivity index (χ3v) is 21.6. The second kappa shape index (κ2) is 55.5. The minimum atomic E-state index is -1.15. The zero-order valence-corrected chi connectivity index (χ0v) is 67.0. The average molecular weight is 1450 g/mol. The normalized spacial score (nSPS) is 14.4. The van der Waals surface area contributed by atoms with Crippen molar-refractivity contribution < 1.29 is 43.1 Å². The number of nitrogens with one attached hydrogen (secondary N) is 1. The van der Waals surface area contributed by atoms with E-state index in [1.165, 1.54) is 274 Å². The van der Waals surface area contributed by atoms with Crippen LogP contribution in [0.15, 0.2) is 102 Å². The Balaban J connectivity index is 1.12. The summed E-state index contributed by atoms with van der Waals surface area (Å²) in [5.41, 5.74) is 1.63. The molecule has 6 rings (SSSR count). The molecule has 4 aromatic carbocycles. The molecule has 2 heterocycles. The van der Waals surface area contributed by atoms with Gasteiger partial charge in [-0.1, -0.05) is 364 Å². The topological polar surface area (TPSA) is 149 Å². The number of hydrogen-bond donors (Lipinski definition) is 2. The van der Waals surface area contributed by atoms with Crippen molar-refractivity contribution in [2.24, 2.45) is 0 Å². The Morgan fingerprint density at radius 1 is 0.476 bits per heavy atom. The number of benzene rings is 4. The van der Waals surface area contributed by atoms with E-state index in [9.17, 15) is 14.7 Å². The lowest BCUT2D eigenvalue weighted by Gasteiger charge is -2.37. The van der Waals surface area contributed by atoms with Crippen molar-refractivity contribution in [2.45, 2.75) is 366 Å². The van der Waals surface area contributed by atoms with Crippen LogP contribution in [-0.4, -0.2) is 73.4 Å². The lowest BCUT2D eigenvalue weighted by atomic mass is 9.80. The first-order chi connectivity index (χ1) is 51.6. The number of nitrogens with zero attached hydrogens (tertiary/aromatic N) is 2. The van der Waals surface area contributed by atoms with Crippen molar-refractivity contribution in [2.75, 3.05) is 46.0 Å². The Bertz CT molecular complexity index is 2940. The van der Waals surface area contributed by atoms with Gasteiger partial charge in [0.2, 0.25) is 5.75 Å². The molecule has 1 aromatic heterocycles. The number of aliphatic hydroxyl groups excluding tert-OH is 1. The number of ether oxygens (including phenoxy) is 7. The summed E-state index contributed by atoms with van der Waals surface area (Å²) in [5, 5.41) is 14.7. The van der Waals surface area contributed by atoms with E-state index in [0.717, 1.165) is 55.2 Å². The number of amides is 1. The zero-order valence-electron chi connectivity index (χ0n) is 67.0. The number of rotatable bonds is 65. The average Bonchev–Trinajstić information content (AvgIpc) is 1.21. The Hall–Kier alpha value is -5.89. The van der Waals surface area contributed by atoms with Gasteiger partial charge in [-0.05, 0) is 79.3 Å². The Kier molecular flexibility index (Phi) is 46.5. The van der Waals surface area contributed by atoms with Crippen molar-refractivity contribution in [3.63, 3.8) is 0 Å². The van der Waals surface area contributed by atoms with Crippen molar-refractivity contribution in [3.05, 3.63) is 135 Å². The fourth-order valence-electron chi connectivity index (χ4n) is 14.9. The van der Waals surface area contributed by atoms with Gasteiger partial charge in [-0.25, -0.2) is 4.79 Å². The first-order valence-electron chi connectivity index (χ1n) is 42.9. The van der Waals surface area contributed by atoms with Gasteiger partial charge >= 0.3 is 5.69 Å². The van der Waals surface area contributed by atoms with Crippen LogP contribution in [0.3, 0.4) is 0 Å². The fourth-order valence-corrected chi connectivity index (χ4v) is 14.9. The molecule has 0 unspecified atom stereocenters. The summed E-state index contributed by atoms with van der Waals surface area (Å²) in [6.45, 7) is 10.1. The lowest BCUT2D eigenvalue weighted by Crippen LogP contribution is -2.38. The number of aryl methyl sites for hydroxylation is 1. The van der Waals surface area contributed by atoms with E-state index in [1.807, 2.05) is 78.9 Å². The number of methoxy groups -OCH3 is 2. The molecule has 0 radical (unpaired) electrons. The van der Waals surface area contributed by atoms with Gasteiger partial charge in [-0.3, -0.25) is 9.36 Å². The molecule has 1 fully saturated rings. The van der Waals surface area contributed by atoms with Gasteiger partial charge in [0.05, 0.1) is 46.8 Å². The molecular weight excluding hydrogens is 1310 g/mol. The van der Waals surface area contributed by atoms with E-state index in [4.69, 9.17) is 33.2 Å². The molecule has 1 aliphatic heterocycles. The lowest BCUT2D eigenvalue weighted by molar-refractivity contribution is -0.0944. The summed E-state index contributed by atoms with van der Waals surface area (Å²) in [4.78, 5) is 33.4. The molecule has 0 spiro atoms. The molecule has 2 N–H and O–H groups in total. The molecule has 0 saturated carbocycles. The first kappa shape index (κ1) is 88.0. The molecular formula is C92H145N3O10. The molecule has 0 bridgehead atoms. The van der Waals surface area contributed by atoms with Crippen molar-refractivity contribution in [1.82, 2.24) is 9.55 Å². The standard InChI is InChI=1S/C92H145N3O10/c1-7-10-13-16-19-22-25-28-31-34-37-40-43-46-49-55-68-101-84-71-77(72-85(102-69-56-50-47-44-41-38-35-32-29-26-23-20-17-14-11-8-2)88(84)103-70-57-51-48-45-42-39-36-33-30-27-24-21-18-15-12-9-3)90(97)93-89-76(4)74-95(91(98)94-89)87-73-83(96)86(105-87)75-104-92(78-58-53-52-54-59-78,79-60-64-81(99-5)65-61-79)80-62-66-82(100-6)67-63-80/h52-54,58-67,71-72,74,83,86-87,96H,7-51,55-57,68-70,73,75H2,1-6H3,(H,93,94,97,98)/t83-,86+,87+/m0/s1. The minimum Gasteiger partial charge on any atom is -0.497 e. The zero-order chi connectivity index (χ0) is 74.5. The summed E-state index contributed by atoms with van der Waals surface area (Å²) in [6, 6.07) is 29.1. The molecule has 5 aromatic rings. The third-order valence-electron chi connectivity index (χ3n) is 21.6. The van der Waals surface area contributed by atoms with Gasteiger partial charge < -0.3 is 43.6 Å². The third kappa shape index (κ3) is 34.1. The maximum absolute atomic E-state index is 14.7. The molecule has 13 heteroatoms. The highest BCUT2D eigenvalue weighted by atomic mass is 16.6. The number of carbonyl (C=O) groups is 1. The van der Waals surface area contributed by atoms with Gasteiger partial charge in [0.25, 0.3) is 5.91 Å². The van der Waals surface area contributed by atoms with E-state index in [0.29, 0.717) is 59.7 Å². The van der Waals surface area contributed by atoms with Crippen LogP contribution in [0.1, 0.15) is 374 Å². The summed E-state index contributed by atoms with van der Waals surface area (Å²) >= 11 is 0. The van der Waals surface area contributed by atoms with Crippen molar-refractivity contribution in [1.29, 1.82) is 0 Å². The van der Waals surface area contributed by atoms with Crippen LogP contribution in [0.2, 0.25) is 0 Å². The fraction of sp³-hybridized carbons (Fsp3) is 0.685. The van der Waals surface area contributed by atoms with Gasteiger partial charge in [0.15, 0.2) is 11.5 Å². The largest absolute Gasteiger partial charge is 0.497 e. The second-order valence-corrected chi connectivity index (χ2v) is 30.4. The second-order valence-electron chi connectivity index (χ2n) is 30.4. The smallest absolute Gasteiger partial charge is 0.351 e. The summed E-state index contributed by atoms with van der Waals surface area (Å²) in [6.07, 6.45) is 61.2. The predicted octanol–water partition coefficient (Wildman–Crippen LogP) is 25.4. The van der Waals surface area contributed by atoms with Crippen LogP contribution in [0.4, 0.5) is 5.82 Å². The van der Waals surface area contributed by atoms with E-state index in [-0.39, 0.29) is 18.8 Å². The first-order valence-corrected chi connectivity index (χ1v) is 42.9. The number of aromatic nitrogens is 2. The van der Waals surface area contributed by atoms with Gasteiger partial charge in [0.1, 0.15) is 35.2 Å². The SMILES string of the molecule is CCCCCCCCCCCCCCCCCCOc1cc(C(=O)Nc2nc(=O)n([C@H]3C[C@H](O)[C@@H](COC(c4ccccc4)(c4ccc(OC)cc4)c4ccc(OC)cc4)O3)cc2C)cc(OCCCCCCCCCCCCCCCCCC)c1OCCCCCCCCCCCCCCCCCC. The summed E-state index contributed by atoms with van der Waals surface area (Å²) in [7, 11) is 3.28. The summed E-state index contributed by atoms with van der Waals surface area (Å²) in [5.74, 6) is 2.61. The number of unbranched alkanes of at least 4 members (excludes halogenated alkanes) is 45. The highest BCUT2D eigenvalue weighted by Gasteiger charge is 2.42. The molecule has 588 valence electrons. The van der Waals surface area contributed by atoms with Gasteiger partial charge in [-0.15, -0.1) is 0 Å². The monoisotopic (exact) mass is 1450 g/mol. The highest BCUT2D eigenvalue weighted by molar-refractivity contribution is 6.05. The molecule has 1 aliphatic rings. The molecule has 0 aliphatic carbocycles. The van der Waals surface area contributed by atoms with E-state index < -0.39 is 35.6 Å². The number of hydrogen-bond acceptors (Lipinski definition) is 11. The van der Waals surface area contributed by atoms with Crippen LogP contribution < -0.4 is 34.7 Å². The quantitative estimate of drug-likeness (QED) is 0.0283. The Labute approximate surface area is 637 Å². The Morgan fingerprint density at radius 2 is 0.810 bits per heavy atom. The maximum Gasteiger partial charge on any atom is 0.351 e. The Morgan fingerprint density at radius 3 is 1.16 bits per heavy atom. The molecule has 1 amide bonds. The number of aliphatic hydroxyl groups is 1. The van der Waals surface area contributed by atoms with Gasteiger partial charge in [0, 0.05) is 23.7 Å². The molecule has 13 nitrogen and oxygen atoms in total. The van der Waals surface area contributed by atoms with Gasteiger partial charge in [-0.2, -0.15) is 4.98 Å². The van der Waals surface area contributed by atoms with E-state index in [1.54, 1.807) is 39.5 Å². The minimum absolute atomic E-state index is 0.0281. The van der Waals surface area contributed by atoms with Crippen LogP contribution in [0.5, 0.6) is 28.7 Å². The molecule has 105 heavy (non-hydrogen) atoms.